The van der Waals surface area contributed by atoms with Crippen molar-refractivity contribution in [3.8, 4) is 5.75 Å². The fourth-order valence-electron chi connectivity index (χ4n) is 1.65. The van der Waals surface area contributed by atoms with Gasteiger partial charge in [-0.25, -0.2) is 4.39 Å². The van der Waals surface area contributed by atoms with Crippen LogP contribution in [0.1, 0.15) is 20.8 Å². The number of halogens is 1. The van der Waals surface area contributed by atoms with Gasteiger partial charge in [-0.2, -0.15) is 0 Å². The molecule has 0 unspecified atom stereocenters. The summed E-state index contributed by atoms with van der Waals surface area (Å²) in [6.07, 6.45) is 0. The summed E-state index contributed by atoms with van der Waals surface area (Å²) in [4.78, 5) is 2.02. The molecule has 3 nitrogen and oxygen atoms in total. The van der Waals surface area contributed by atoms with Crippen LogP contribution < -0.4 is 15.0 Å². The highest BCUT2D eigenvalue weighted by Crippen LogP contribution is 2.22. The lowest BCUT2D eigenvalue weighted by Gasteiger charge is -2.21. The summed E-state index contributed by atoms with van der Waals surface area (Å²) in [6, 6.07) is 5.54. The molecular formula is C14H23FN2O. The number of anilines is 1. The van der Waals surface area contributed by atoms with Crippen molar-refractivity contribution in [3.05, 3.63) is 24.0 Å². The van der Waals surface area contributed by atoms with E-state index in [9.17, 15) is 4.39 Å². The number of likely N-dealkylation sites (N-methyl/N-ethyl adjacent to an activating group) is 1. The summed E-state index contributed by atoms with van der Waals surface area (Å²) < 4.78 is 18.9. The molecule has 102 valence electrons. The van der Waals surface area contributed by atoms with Crippen molar-refractivity contribution in [2.75, 3.05) is 31.6 Å². The van der Waals surface area contributed by atoms with E-state index in [0.717, 1.165) is 18.8 Å². The Bertz CT molecular complexity index is 369. The smallest absolute Gasteiger partial charge is 0.167 e. The van der Waals surface area contributed by atoms with E-state index in [1.807, 2.05) is 24.9 Å². The van der Waals surface area contributed by atoms with E-state index in [1.54, 1.807) is 6.07 Å². The number of ether oxygens (including phenoxy) is 1. The topological polar surface area (TPSA) is 24.5 Å². The normalized spacial score (nSPS) is 10.8. The van der Waals surface area contributed by atoms with Gasteiger partial charge in [0.2, 0.25) is 0 Å². The van der Waals surface area contributed by atoms with Crippen molar-refractivity contribution < 1.29 is 9.13 Å². The minimum Gasteiger partial charge on any atom is -0.491 e. The molecule has 0 aliphatic rings. The van der Waals surface area contributed by atoms with Crippen molar-refractivity contribution in [2.24, 2.45) is 0 Å². The van der Waals surface area contributed by atoms with Gasteiger partial charge in [-0.1, -0.05) is 13.8 Å². The molecule has 0 amide bonds. The highest BCUT2D eigenvalue weighted by molar-refractivity contribution is 5.49. The molecule has 0 radical (unpaired) electrons. The first-order valence-corrected chi connectivity index (χ1v) is 6.41. The third-order valence-corrected chi connectivity index (χ3v) is 2.66. The van der Waals surface area contributed by atoms with Crippen LogP contribution in [0.25, 0.3) is 0 Å². The van der Waals surface area contributed by atoms with E-state index in [2.05, 4.69) is 19.2 Å². The minimum atomic E-state index is -0.307. The zero-order chi connectivity index (χ0) is 13.5. The van der Waals surface area contributed by atoms with Crippen LogP contribution in [0.5, 0.6) is 5.75 Å². The number of nitrogens with one attached hydrogen (secondary N) is 1. The summed E-state index contributed by atoms with van der Waals surface area (Å²) in [7, 11) is 1.96. The molecule has 0 aromatic heterocycles. The van der Waals surface area contributed by atoms with Crippen LogP contribution in [0.3, 0.4) is 0 Å². The Morgan fingerprint density at radius 3 is 2.67 bits per heavy atom. The molecule has 0 heterocycles. The van der Waals surface area contributed by atoms with Gasteiger partial charge < -0.3 is 15.0 Å². The van der Waals surface area contributed by atoms with Gasteiger partial charge in [-0.3, -0.25) is 0 Å². The quantitative estimate of drug-likeness (QED) is 0.809. The third-order valence-electron chi connectivity index (χ3n) is 2.66. The lowest BCUT2D eigenvalue weighted by Crippen LogP contribution is -2.32. The van der Waals surface area contributed by atoms with Crippen molar-refractivity contribution in [2.45, 2.75) is 26.8 Å². The zero-order valence-electron chi connectivity index (χ0n) is 11.7. The van der Waals surface area contributed by atoms with Crippen LogP contribution in [-0.2, 0) is 0 Å². The molecule has 18 heavy (non-hydrogen) atoms. The highest BCUT2D eigenvalue weighted by Gasteiger charge is 2.07. The molecule has 0 atom stereocenters. The van der Waals surface area contributed by atoms with Gasteiger partial charge in [0.25, 0.3) is 0 Å². The lowest BCUT2D eigenvalue weighted by atomic mass is 10.2. The van der Waals surface area contributed by atoms with E-state index in [1.165, 1.54) is 6.07 Å². The zero-order valence-corrected chi connectivity index (χ0v) is 11.7. The second-order valence-corrected chi connectivity index (χ2v) is 4.58. The van der Waals surface area contributed by atoms with E-state index in [0.29, 0.717) is 18.4 Å². The van der Waals surface area contributed by atoms with Gasteiger partial charge in [-0.05, 0) is 19.1 Å². The molecule has 0 saturated carbocycles. The average Bonchev–Trinajstić information content (AvgIpc) is 2.31. The summed E-state index contributed by atoms with van der Waals surface area (Å²) in [5.41, 5.74) is 0.863. The number of nitrogens with zero attached hydrogens (tertiary/aromatic N) is 1. The summed E-state index contributed by atoms with van der Waals surface area (Å²) in [5, 5.41) is 3.33. The second kappa shape index (κ2) is 7.21. The van der Waals surface area contributed by atoms with Crippen molar-refractivity contribution in [3.63, 3.8) is 0 Å². The maximum Gasteiger partial charge on any atom is 0.167 e. The molecule has 4 heteroatoms. The molecule has 0 aliphatic carbocycles. The van der Waals surface area contributed by atoms with E-state index < -0.39 is 0 Å². The van der Waals surface area contributed by atoms with Crippen LogP contribution in [-0.4, -0.2) is 32.8 Å². The number of hydrogen-bond donors (Lipinski definition) is 1. The van der Waals surface area contributed by atoms with Crippen molar-refractivity contribution in [1.82, 2.24) is 5.32 Å². The predicted molar refractivity (Wildman–Crippen MR) is 74.0 cm³/mol. The fraction of sp³-hybridized carbons (Fsp3) is 0.571. The Labute approximate surface area is 109 Å². The first-order valence-electron chi connectivity index (χ1n) is 6.41. The summed E-state index contributed by atoms with van der Waals surface area (Å²) in [6.45, 7) is 8.25. The van der Waals surface area contributed by atoms with Gasteiger partial charge in [0.1, 0.15) is 0 Å². The highest BCUT2D eigenvalue weighted by atomic mass is 19.1. The monoisotopic (exact) mass is 254 g/mol. The van der Waals surface area contributed by atoms with E-state index in [-0.39, 0.29) is 5.82 Å². The lowest BCUT2D eigenvalue weighted by molar-refractivity contribution is 0.321. The largest absolute Gasteiger partial charge is 0.491 e. The van der Waals surface area contributed by atoms with Gasteiger partial charge in [-0.15, -0.1) is 0 Å². The van der Waals surface area contributed by atoms with Crippen LogP contribution >= 0.6 is 0 Å². The standard InChI is InChI=1S/C14H23FN2O/c1-5-18-14-7-6-12(10-13(14)15)17(4)9-8-16-11(2)3/h6-7,10-11,16H,5,8-9H2,1-4H3. The molecule has 1 N–H and O–H groups in total. The van der Waals surface area contributed by atoms with Crippen LogP contribution in [0.4, 0.5) is 10.1 Å². The van der Waals surface area contributed by atoms with Crippen molar-refractivity contribution in [1.29, 1.82) is 0 Å². The molecule has 0 spiro atoms. The number of benzene rings is 1. The van der Waals surface area contributed by atoms with Crippen molar-refractivity contribution >= 4 is 5.69 Å². The second-order valence-electron chi connectivity index (χ2n) is 4.58. The Morgan fingerprint density at radius 2 is 2.11 bits per heavy atom. The Hall–Kier alpha value is -1.29. The molecular weight excluding hydrogens is 231 g/mol. The van der Waals surface area contributed by atoms with E-state index >= 15 is 0 Å². The molecule has 1 aromatic rings. The maximum absolute atomic E-state index is 13.7. The van der Waals surface area contributed by atoms with Gasteiger partial charge in [0.15, 0.2) is 11.6 Å². The number of rotatable bonds is 7. The van der Waals surface area contributed by atoms with Gasteiger partial charge in [0.05, 0.1) is 6.61 Å². The van der Waals surface area contributed by atoms with E-state index in [4.69, 9.17) is 4.74 Å². The molecule has 1 aromatic carbocycles. The minimum absolute atomic E-state index is 0.307. The Morgan fingerprint density at radius 1 is 1.39 bits per heavy atom. The third kappa shape index (κ3) is 4.53. The molecule has 1 rings (SSSR count). The van der Waals surface area contributed by atoms with Gasteiger partial charge in [0, 0.05) is 37.9 Å². The molecule has 0 bridgehead atoms. The molecule has 0 fully saturated rings. The summed E-state index contributed by atoms with van der Waals surface area (Å²) >= 11 is 0. The fourth-order valence-corrected chi connectivity index (χ4v) is 1.65. The first-order chi connectivity index (χ1) is 8.54. The van der Waals surface area contributed by atoms with Gasteiger partial charge >= 0.3 is 0 Å². The Kier molecular flexibility index (Phi) is 5.92. The van der Waals surface area contributed by atoms with Crippen LogP contribution in [0.2, 0.25) is 0 Å². The Balaban J connectivity index is 2.57. The van der Waals surface area contributed by atoms with Crippen LogP contribution in [0.15, 0.2) is 18.2 Å². The summed E-state index contributed by atoms with van der Waals surface area (Å²) in [5.74, 6) is 0.00738. The van der Waals surface area contributed by atoms with Crippen LogP contribution in [0, 0.1) is 5.82 Å². The average molecular weight is 254 g/mol. The SMILES string of the molecule is CCOc1ccc(N(C)CCNC(C)C)cc1F. The first kappa shape index (κ1) is 14.8. The molecule has 0 aliphatic heterocycles. The maximum atomic E-state index is 13.7. The molecule has 0 saturated heterocycles. The number of hydrogen-bond acceptors (Lipinski definition) is 3. The predicted octanol–water partition coefficient (Wildman–Crippen LogP) is 2.66.